The monoisotopic (exact) mass is 568 g/mol. The molecule has 3 aromatic rings. The van der Waals surface area contributed by atoms with E-state index in [1.807, 2.05) is 0 Å². The van der Waals surface area contributed by atoms with Crippen LogP contribution in [0.5, 0.6) is 5.75 Å². The quantitative estimate of drug-likeness (QED) is 0.278. The molecule has 1 aromatic heterocycles. The van der Waals surface area contributed by atoms with Crippen molar-refractivity contribution in [3.8, 4) is 5.75 Å². The third-order valence-electron chi connectivity index (χ3n) is 6.68. The predicted molar refractivity (Wildman–Crippen MR) is 128 cm³/mol. The van der Waals surface area contributed by atoms with Gasteiger partial charge < -0.3 is 14.9 Å². The van der Waals surface area contributed by atoms with Gasteiger partial charge in [-0.1, -0.05) is 6.07 Å². The van der Waals surface area contributed by atoms with Crippen LogP contribution < -0.4 is 14.4 Å². The highest BCUT2D eigenvalue weighted by Crippen LogP contribution is 2.48. The number of rotatable bonds is 4. The lowest BCUT2D eigenvalue weighted by Gasteiger charge is -2.32. The summed E-state index contributed by atoms with van der Waals surface area (Å²) in [6.45, 7) is 7.24. The van der Waals surface area contributed by atoms with Crippen LogP contribution in [0.15, 0.2) is 59.5 Å². The number of nitrogens with zero attached hydrogens (tertiary/aromatic N) is 3. The number of halogens is 6. The van der Waals surface area contributed by atoms with Gasteiger partial charge >= 0.3 is 12.5 Å². The summed E-state index contributed by atoms with van der Waals surface area (Å²) in [6.07, 6.45) is -7.78. The highest BCUT2D eigenvalue weighted by Gasteiger charge is 2.46. The van der Waals surface area contributed by atoms with Crippen molar-refractivity contribution in [3.05, 3.63) is 82.8 Å². The van der Waals surface area contributed by atoms with E-state index in [4.69, 9.17) is 6.57 Å². The van der Waals surface area contributed by atoms with Gasteiger partial charge in [0.2, 0.25) is 0 Å². The number of nitrogens with one attached hydrogen (secondary N) is 1. The van der Waals surface area contributed by atoms with Crippen molar-refractivity contribution in [2.75, 3.05) is 9.62 Å². The van der Waals surface area contributed by atoms with Crippen LogP contribution in [0, 0.1) is 6.57 Å². The van der Waals surface area contributed by atoms with Crippen LogP contribution in [0.25, 0.3) is 4.85 Å². The van der Waals surface area contributed by atoms with E-state index in [0.29, 0.717) is 18.4 Å². The van der Waals surface area contributed by atoms with E-state index in [2.05, 4.69) is 19.9 Å². The fraction of sp³-hybridized carbons (Fsp3) is 0.280. The second-order valence-corrected chi connectivity index (χ2v) is 10.9. The van der Waals surface area contributed by atoms with Gasteiger partial charge in [0.1, 0.15) is 17.3 Å². The Kier molecular flexibility index (Phi) is 6.17. The van der Waals surface area contributed by atoms with Gasteiger partial charge in [0.25, 0.3) is 15.6 Å². The van der Waals surface area contributed by atoms with Crippen LogP contribution in [-0.4, -0.2) is 19.8 Å². The van der Waals surface area contributed by atoms with Crippen LogP contribution >= 0.6 is 0 Å². The molecule has 1 saturated carbocycles. The number of sulfonamides is 1. The van der Waals surface area contributed by atoms with Crippen molar-refractivity contribution in [2.24, 2.45) is 0 Å². The van der Waals surface area contributed by atoms with Crippen LogP contribution in [0.3, 0.4) is 0 Å². The minimum absolute atomic E-state index is 0.0598. The number of pyridine rings is 1. The maximum absolute atomic E-state index is 13.8. The van der Waals surface area contributed by atoms with Crippen LogP contribution in [0.1, 0.15) is 36.1 Å². The number of benzene rings is 2. The molecule has 39 heavy (non-hydrogen) atoms. The van der Waals surface area contributed by atoms with Crippen molar-refractivity contribution in [1.29, 1.82) is 0 Å². The molecule has 0 amide bonds. The molecule has 2 aromatic carbocycles. The predicted octanol–water partition coefficient (Wildman–Crippen LogP) is 6.75. The molecule has 204 valence electrons. The smallest absolute Gasteiger partial charge is 0.406 e. The largest absolute Gasteiger partial charge is 0.573 e. The fourth-order valence-electron chi connectivity index (χ4n) is 4.51. The molecule has 0 radical (unpaired) electrons. The van der Waals surface area contributed by atoms with E-state index in [-0.39, 0.29) is 27.7 Å². The summed E-state index contributed by atoms with van der Waals surface area (Å²) in [5.41, 5.74) is -1.15. The Labute approximate surface area is 218 Å². The molecule has 2 heterocycles. The molecule has 1 N–H and O–H groups in total. The van der Waals surface area contributed by atoms with Gasteiger partial charge in [-0.25, -0.2) is 20.0 Å². The lowest BCUT2D eigenvalue weighted by atomic mass is 9.72. The minimum atomic E-state index is -4.97. The molecule has 0 bridgehead atoms. The molecule has 1 fully saturated rings. The molecule has 1 aliphatic heterocycles. The molecule has 7 nitrogen and oxygen atoms in total. The SMILES string of the molecule is [C-]#[N+]C1(c2ccc3c(c2)N(S(=O)(=O)c2ccc(OC(F)(F)F)cc2)Cc2ccc(C(F)(F)F)nc2N3)CCC1. The van der Waals surface area contributed by atoms with Crippen LogP contribution in [-0.2, 0) is 28.3 Å². The van der Waals surface area contributed by atoms with E-state index in [0.717, 1.165) is 47.1 Å². The second-order valence-electron chi connectivity index (χ2n) is 9.09. The first-order valence-corrected chi connectivity index (χ1v) is 12.9. The van der Waals surface area contributed by atoms with Crippen LogP contribution in [0.2, 0.25) is 0 Å². The Balaban J connectivity index is 1.63. The zero-order chi connectivity index (χ0) is 28.2. The van der Waals surface area contributed by atoms with Gasteiger partial charge in [0.15, 0.2) is 0 Å². The minimum Gasteiger partial charge on any atom is -0.406 e. The Hall–Kier alpha value is -3.99. The number of ether oxygens (including phenoxy) is 1. The highest BCUT2D eigenvalue weighted by atomic mass is 32.2. The van der Waals surface area contributed by atoms with E-state index >= 15 is 0 Å². The molecular formula is C25H18F6N4O3S. The van der Waals surface area contributed by atoms with E-state index in [1.54, 1.807) is 6.07 Å². The lowest BCUT2D eigenvalue weighted by Crippen LogP contribution is -2.32. The van der Waals surface area contributed by atoms with Crippen molar-refractivity contribution in [1.82, 2.24) is 4.98 Å². The number of anilines is 3. The van der Waals surface area contributed by atoms with Gasteiger partial charge in [-0.15, -0.1) is 13.2 Å². The van der Waals surface area contributed by atoms with Crippen molar-refractivity contribution in [3.63, 3.8) is 0 Å². The number of aromatic nitrogens is 1. The number of hydrogen-bond acceptors (Lipinski definition) is 5. The standard InChI is InChI=1S/C25H18F6N4O3S/c1-32-23(11-2-12-23)16-4-9-19-20(13-16)35(14-15-3-10-21(24(26,27)28)34-22(15)33-19)39(36,37)18-7-5-17(6-8-18)38-25(29,30)31/h3-10,13H,2,11-12,14H2,(H,33,34). The first kappa shape index (κ1) is 26.6. The Morgan fingerprint density at radius 2 is 1.69 bits per heavy atom. The molecule has 5 rings (SSSR count). The molecule has 14 heteroatoms. The van der Waals surface area contributed by atoms with E-state index in [9.17, 15) is 34.8 Å². The van der Waals surface area contributed by atoms with E-state index < -0.39 is 46.1 Å². The summed E-state index contributed by atoms with van der Waals surface area (Å²) in [5, 5.41) is 2.80. The molecular weight excluding hydrogens is 550 g/mol. The van der Waals surface area contributed by atoms with Gasteiger partial charge in [0.05, 0.1) is 22.8 Å². The average Bonchev–Trinajstić information content (AvgIpc) is 2.99. The van der Waals surface area contributed by atoms with Crippen molar-refractivity contribution in [2.45, 2.75) is 48.8 Å². The topological polar surface area (TPSA) is 75.9 Å². The first-order chi connectivity index (χ1) is 18.2. The highest BCUT2D eigenvalue weighted by molar-refractivity contribution is 7.92. The summed E-state index contributed by atoms with van der Waals surface area (Å²) in [6, 6.07) is 10.0. The number of alkyl halides is 6. The summed E-state index contributed by atoms with van der Waals surface area (Å²) in [4.78, 5) is 7.04. The fourth-order valence-corrected chi connectivity index (χ4v) is 5.97. The normalized spacial score (nSPS) is 16.6. The number of fused-ring (bicyclic) bond motifs is 2. The lowest BCUT2D eigenvalue weighted by molar-refractivity contribution is -0.274. The molecule has 0 atom stereocenters. The third-order valence-corrected chi connectivity index (χ3v) is 8.45. The molecule has 2 aliphatic rings. The summed E-state index contributed by atoms with van der Waals surface area (Å²) < 4.78 is 110. The van der Waals surface area contributed by atoms with Gasteiger partial charge in [-0.2, -0.15) is 13.2 Å². The van der Waals surface area contributed by atoms with Gasteiger partial charge in [0, 0.05) is 24.0 Å². The third kappa shape index (κ3) is 4.94. The zero-order valence-corrected chi connectivity index (χ0v) is 20.6. The van der Waals surface area contributed by atoms with Gasteiger partial charge in [-0.05, 0) is 55.0 Å². The van der Waals surface area contributed by atoms with Crippen molar-refractivity contribution < 1.29 is 39.5 Å². The molecule has 0 unspecified atom stereocenters. The maximum Gasteiger partial charge on any atom is 0.573 e. The average molecular weight is 568 g/mol. The summed E-state index contributed by atoms with van der Waals surface area (Å²) in [5.74, 6) is -0.825. The Morgan fingerprint density at radius 1 is 1.00 bits per heavy atom. The van der Waals surface area contributed by atoms with Gasteiger partial charge in [-0.3, -0.25) is 4.31 Å². The van der Waals surface area contributed by atoms with Crippen LogP contribution in [0.4, 0.5) is 43.5 Å². The summed E-state index contributed by atoms with van der Waals surface area (Å²) in [7, 11) is -4.47. The maximum atomic E-state index is 13.8. The summed E-state index contributed by atoms with van der Waals surface area (Å²) >= 11 is 0. The number of hydrogen-bond donors (Lipinski definition) is 1. The Bertz CT molecular complexity index is 1580. The molecule has 0 spiro atoms. The zero-order valence-electron chi connectivity index (χ0n) is 19.8. The second kappa shape index (κ2) is 9.04. The Morgan fingerprint density at radius 3 is 2.26 bits per heavy atom. The van der Waals surface area contributed by atoms with Crippen molar-refractivity contribution >= 4 is 27.2 Å². The molecule has 0 saturated heterocycles. The first-order valence-electron chi connectivity index (χ1n) is 11.5. The van der Waals surface area contributed by atoms with E-state index in [1.165, 1.54) is 12.1 Å². The molecule has 1 aliphatic carbocycles.